The highest BCUT2D eigenvalue weighted by molar-refractivity contribution is 7.84. The molecule has 100 valence electrons. The molecule has 1 heterocycles. The number of aryl methyl sites for hydroxylation is 2. The van der Waals surface area contributed by atoms with Crippen molar-refractivity contribution in [2.75, 3.05) is 5.75 Å². The number of rotatable bonds is 6. The van der Waals surface area contributed by atoms with Crippen LogP contribution in [0, 0.1) is 19.3 Å². The molecule has 4 nitrogen and oxygen atoms in total. The first-order valence-electron chi connectivity index (χ1n) is 5.90. The summed E-state index contributed by atoms with van der Waals surface area (Å²) in [6.07, 6.45) is 1.93. The number of hydrogen-bond donors (Lipinski definition) is 1. The first kappa shape index (κ1) is 13.7. The average molecular weight is 287 g/mol. The maximum Gasteiger partial charge on any atom is 0.303 e. The van der Waals surface area contributed by atoms with Crippen LogP contribution in [0.2, 0.25) is 0 Å². The lowest BCUT2D eigenvalue weighted by molar-refractivity contribution is -0.138. The van der Waals surface area contributed by atoms with Crippen molar-refractivity contribution < 1.29 is 14.1 Å². The van der Waals surface area contributed by atoms with E-state index in [2.05, 4.69) is 4.98 Å². The molecule has 1 aromatic rings. The fraction of sp³-hybridized carbons (Fsp3) is 0.667. The van der Waals surface area contributed by atoms with Crippen LogP contribution in [0.15, 0.2) is 0 Å². The van der Waals surface area contributed by atoms with Gasteiger partial charge in [-0.05, 0) is 32.1 Å². The Bertz CT molecular complexity index is 472. The van der Waals surface area contributed by atoms with E-state index in [0.29, 0.717) is 11.5 Å². The van der Waals surface area contributed by atoms with Crippen LogP contribution < -0.4 is 0 Å². The molecule has 0 aliphatic heterocycles. The van der Waals surface area contributed by atoms with Gasteiger partial charge in [-0.2, -0.15) is 0 Å². The van der Waals surface area contributed by atoms with Crippen LogP contribution in [-0.2, 0) is 21.3 Å². The molecule has 0 saturated heterocycles. The van der Waals surface area contributed by atoms with Crippen LogP contribution in [0.25, 0.3) is 0 Å². The molecule has 1 aliphatic carbocycles. The maximum absolute atomic E-state index is 12.1. The molecule has 0 radical (unpaired) electrons. The molecule has 18 heavy (non-hydrogen) atoms. The molecule has 1 N–H and O–H groups in total. The number of aliphatic carboxylic acids is 1. The second-order valence-corrected chi connectivity index (χ2v) is 7.79. The summed E-state index contributed by atoms with van der Waals surface area (Å²) < 4.78 is 12.1. The van der Waals surface area contributed by atoms with Gasteiger partial charge in [0, 0.05) is 21.4 Å². The van der Waals surface area contributed by atoms with E-state index in [1.165, 1.54) is 0 Å². The van der Waals surface area contributed by atoms with E-state index in [0.717, 1.165) is 28.4 Å². The number of aromatic nitrogens is 1. The number of hydrogen-bond acceptors (Lipinski definition) is 4. The van der Waals surface area contributed by atoms with Gasteiger partial charge in [0.25, 0.3) is 0 Å². The van der Waals surface area contributed by atoms with Crippen molar-refractivity contribution in [1.82, 2.24) is 4.98 Å². The summed E-state index contributed by atoms with van der Waals surface area (Å²) in [5.74, 6) is 0.169. The van der Waals surface area contributed by atoms with Crippen molar-refractivity contribution in [3.05, 3.63) is 15.6 Å². The SMILES string of the molecule is Cc1nc(CS(=O)CC2(CC(=O)O)CC2)sc1C. The monoisotopic (exact) mass is 287 g/mol. The number of carbonyl (C=O) groups is 1. The summed E-state index contributed by atoms with van der Waals surface area (Å²) in [6, 6.07) is 0. The van der Waals surface area contributed by atoms with E-state index in [1.807, 2.05) is 13.8 Å². The summed E-state index contributed by atoms with van der Waals surface area (Å²) in [5, 5.41) is 9.72. The molecule has 1 fully saturated rings. The minimum absolute atomic E-state index is 0.147. The van der Waals surface area contributed by atoms with Gasteiger partial charge in [-0.15, -0.1) is 11.3 Å². The van der Waals surface area contributed by atoms with Crippen LogP contribution in [0.5, 0.6) is 0 Å². The lowest BCUT2D eigenvalue weighted by atomic mass is 10.1. The van der Waals surface area contributed by atoms with Gasteiger partial charge in [-0.3, -0.25) is 9.00 Å². The van der Waals surface area contributed by atoms with E-state index >= 15 is 0 Å². The van der Waals surface area contributed by atoms with Gasteiger partial charge in [0.1, 0.15) is 5.01 Å². The minimum Gasteiger partial charge on any atom is -0.481 e. The standard InChI is InChI=1S/C12H17NO3S2/c1-8-9(2)17-10(13-8)6-18(16)7-12(3-4-12)5-11(14)15/h3-7H2,1-2H3,(H,14,15). The Morgan fingerprint density at radius 1 is 1.50 bits per heavy atom. The summed E-state index contributed by atoms with van der Waals surface area (Å²) in [7, 11) is -1.00. The predicted octanol–water partition coefficient (Wildman–Crippen LogP) is 2.26. The second kappa shape index (κ2) is 5.09. The Hall–Kier alpha value is -0.750. The van der Waals surface area contributed by atoms with Crippen molar-refractivity contribution >= 4 is 28.1 Å². The Balaban J connectivity index is 1.91. The highest BCUT2D eigenvalue weighted by atomic mass is 32.2. The lowest BCUT2D eigenvalue weighted by Crippen LogP contribution is -2.17. The molecular weight excluding hydrogens is 270 g/mol. The molecule has 1 saturated carbocycles. The van der Waals surface area contributed by atoms with Gasteiger partial charge < -0.3 is 5.11 Å². The van der Waals surface area contributed by atoms with Gasteiger partial charge in [0.15, 0.2) is 0 Å². The molecular formula is C12H17NO3S2. The van der Waals surface area contributed by atoms with Gasteiger partial charge in [0.05, 0.1) is 17.9 Å². The topological polar surface area (TPSA) is 67.3 Å². The quantitative estimate of drug-likeness (QED) is 0.871. The van der Waals surface area contributed by atoms with Crippen molar-refractivity contribution in [2.24, 2.45) is 5.41 Å². The number of nitrogens with zero attached hydrogens (tertiary/aromatic N) is 1. The zero-order valence-electron chi connectivity index (χ0n) is 10.6. The predicted molar refractivity (Wildman–Crippen MR) is 72.2 cm³/mol. The fourth-order valence-corrected chi connectivity index (χ4v) is 4.88. The van der Waals surface area contributed by atoms with Crippen LogP contribution >= 0.6 is 11.3 Å². The molecule has 1 aromatic heterocycles. The molecule has 0 aromatic carbocycles. The van der Waals surface area contributed by atoms with E-state index < -0.39 is 16.8 Å². The third-order valence-corrected chi connectivity index (χ3v) is 6.09. The van der Waals surface area contributed by atoms with Gasteiger partial charge in [-0.25, -0.2) is 4.98 Å². The molecule has 6 heteroatoms. The lowest BCUT2D eigenvalue weighted by Gasteiger charge is -2.10. The smallest absolute Gasteiger partial charge is 0.303 e. The first-order valence-corrected chi connectivity index (χ1v) is 8.20. The Morgan fingerprint density at radius 3 is 2.61 bits per heavy atom. The summed E-state index contributed by atoms with van der Waals surface area (Å²) in [5.41, 5.74) is 0.802. The Labute approximate surface area is 113 Å². The first-order chi connectivity index (χ1) is 8.40. The van der Waals surface area contributed by atoms with Crippen LogP contribution in [0.4, 0.5) is 0 Å². The Kier molecular flexibility index (Phi) is 3.87. The zero-order chi connectivity index (χ0) is 13.3. The molecule has 2 rings (SSSR count). The average Bonchev–Trinajstić information content (AvgIpc) is 2.87. The van der Waals surface area contributed by atoms with E-state index in [4.69, 9.17) is 5.11 Å². The van der Waals surface area contributed by atoms with E-state index in [-0.39, 0.29) is 11.8 Å². The largest absolute Gasteiger partial charge is 0.481 e. The molecule has 0 bridgehead atoms. The Morgan fingerprint density at radius 2 is 2.17 bits per heavy atom. The van der Waals surface area contributed by atoms with Crippen molar-refractivity contribution in [3.8, 4) is 0 Å². The van der Waals surface area contributed by atoms with Crippen LogP contribution in [-0.4, -0.2) is 26.0 Å². The van der Waals surface area contributed by atoms with Crippen LogP contribution in [0.3, 0.4) is 0 Å². The van der Waals surface area contributed by atoms with E-state index in [1.54, 1.807) is 11.3 Å². The van der Waals surface area contributed by atoms with Gasteiger partial charge in [-0.1, -0.05) is 0 Å². The number of carboxylic acid groups (broad SMARTS) is 1. The number of carboxylic acids is 1. The summed E-state index contributed by atoms with van der Waals surface area (Å²) >= 11 is 1.58. The minimum atomic E-state index is -1.00. The van der Waals surface area contributed by atoms with Crippen molar-refractivity contribution in [1.29, 1.82) is 0 Å². The zero-order valence-corrected chi connectivity index (χ0v) is 12.2. The van der Waals surface area contributed by atoms with Crippen molar-refractivity contribution in [3.63, 3.8) is 0 Å². The highest BCUT2D eigenvalue weighted by Gasteiger charge is 2.45. The molecule has 1 unspecified atom stereocenters. The fourth-order valence-electron chi connectivity index (χ4n) is 2.00. The molecule has 0 amide bonds. The van der Waals surface area contributed by atoms with Gasteiger partial charge >= 0.3 is 5.97 Å². The second-order valence-electron chi connectivity index (χ2n) is 5.05. The molecule has 1 atom stereocenters. The highest BCUT2D eigenvalue weighted by Crippen LogP contribution is 2.49. The molecule has 1 aliphatic rings. The van der Waals surface area contributed by atoms with Crippen molar-refractivity contribution in [2.45, 2.75) is 38.9 Å². The summed E-state index contributed by atoms with van der Waals surface area (Å²) in [4.78, 5) is 16.3. The number of thiazole rings is 1. The normalized spacial score (nSPS) is 18.6. The van der Waals surface area contributed by atoms with E-state index in [9.17, 15) is 9.00 Å². The maximum atomic E-state index is 12.1. The van der Waals surface area contributed by atoms with Crippen LogP contribution in [0.1, 0.15) is 34.8 Å². The third-order valence-electron chi connectivity index (χ3n) is 3.31. The van der Waals surface area contributed by atoms with Gasteiger partial charge in [0.2, 0.25) is 0 Å². The third kappa shape index (κ3) is 3.38. The molecule has 0 spiro atoms. The summed E-state index contributed by atoms with van der Waals surface area (Å²) in [6.45, 7) is 3.96.